The fourth-order valence-electron chi connectivity index (χ4n) is 1.74. The van der Waals surface area contributed by atoms with Crippen molar-refractivity contribution in [2.24, 2.45) is 0 Å². The highest BCUT2D eigenvalue weighted by Crippen LogP contribution is 2.35. The SMILES string of the molecule is COC(=O)c1cnc(-c2csc3ccccc23)s1. The first-order valence-electron chi connectivity index (χ1n) is 5.30. The van der Waals surface area contributed by atoms with Crippen LogP contribution in [0.4, 0.5) is 0 Å². The van der Waals surface area contributed by atoms with E-state index in [9.17, 15) is 4.79 Å². The van der Waals surface area contributed by atoms with Crippen molar-refractivity contribution in [2.75, 3.05) is 7.11 Å². The fourth-order valence-corrected chi connectivity index (χ4v) is 3.62. The maximum atomic E-state index is 11.4. The Kier molecular flexibility index (Phi) is 2.85. The molecule has 0 atom stereocenters. The van der Waals surface area contributed by atoms with Crippen LogP contribution in [0.2, 0.25) is 0 Å². The number of ether oxygens (including phenoxy) is 1. The Morgan fingerprint density at radius 2 is 2.17 bits per heavy atom. The number of benzene rings is 1. The zero-order valence-electron chi connectivity index (χ0n) is 9.54. The molecule has 0 saturated carbocycles. The number of aromatic nitrogens is 1. The van der Waals surface area contributed by atoms with Crippen molar-refractivity contribution in [3.63, 3.8) is 0 Å². The van der Waals surface area contributed by atoms with Crippen molar-refractivity contribution in [3.8, 4) is 10.6 Å². The lowest BCUT2D eigenvalue weighted by atomic mass is 10.2. The Bertz CT molecular complexity index is 714. The second-order valence-electron chi connectivity index (χ2n) is 3.67. The van der Waals surface area contributed by atoms with Crippen molar-refractivity contribution in [3.05, 3.63) is 40.7 Å². The first-order valence-corrected chi connectivity index (χ1v) is 7.00. The Labute approximate surface area is 112 Å². The van der Waals surface area contributed by atoms with Crippen LogP contribution in [0.5, 0.6) is 0 Å². The molecule has 18 heavy (non-hydrogen) atoms. The normalized spacial score (nSPS) is 10.7. The topological polar surface area (TPSA) is 39.2 Å². The highest BCUT2D eigenvalue weighted by atomic mass is 32.1. The standard InChI is InChI=1S/C13H9NO2S2/c1-16-13(15)11-6-14-12(18-11)9-7-17-10-5-3-2-4-8(9)10/h2-7H,1H3. The summed E-state index contributed by atoms with van der Waals surface area (Å²) in [7, 11) is 1.38. The number of carbonyl (C=O) groups excluding carboxylic acids is 1. The zero-order valence-corrected chi connectivity index (χ0v) is 11.2. The van der Waals surface area contributed by atoms with Crippen LogP contribution in [0.15, 0.2) is 35.8 Å². The number of carbonyl (C=O) groups is 1. The van der Waals surface area contributed by atoms with Gasteiger partial charge < -0.3 is 4.74 Å². The van der Waals surface area contributed by atoms with Gasteiger partial charge in [0, 0.05) is 21.0 Å². The summed E-state index contributed by atoms with van der Waals surface area (Å²) in [5, 5.41) is 4.10. The van der Waals surface area contributed by atoms with Crippen molar-refractivity contribution < 1.29 is 9.53 Å². The molecule has 0 bridgehead atoms. The molecule has 3 rings (SSSR count). The molecule has 0 N–H and O–H groups in total. The number of thiophene rings is 1. The van der Waals surface area contributed by atoms with Crippen LogP contribution < -0.4 is 0 Å². The molecule has 0 aliphatic rings. The summed E-state index contributed by atoms with van der Waals surface area (Å²) in [5.41, 5.74) is 1.08. The molecule has 0 radical (unpaired) electrons. The van der Waals surface area contributed by atoms with Gasteiger partial charge in [0.05, 0.1) is 13.3 Å². The minimum Gasteiger partial charge on any atom is -0.465 e. The maximum Gasteiger partial charge on any atom is 0.349 e. The lowest BCUT2D eigenvalue weighted by Crippen LogP contribution is -1.96. The lowest BCUT2D eigenvalue weighted by Gasteiger charge is -1.93. The van der Waals surface area contributed by atoms with E-state index in [0.717, 1.165) is 10.6 Å². The molecule has 0 amide bonds. The summed E-state index contributed by atoms with van der Waals surface area (Å²) in [5.74, 6) is -0.335. The summed E-state index contributed by atoms with van der Waals surface area (Å²) < 4.78 is 5.91. The second-order valence-corrected chi connectivity index (χ2v) is 5.61. The van der Waals surface area contributed by atoms with Gasteiger partial charge in [-0.2, -0.15) is 0 Å². The van der Waals surface area contributed by atoms with Crippen LogP contribution >= 0.6 is 22.7 Å². The quantitative estimate of drug-likeness (QED) is 0.668. The molecule has 3 nitrogen and oxygen atoms in total. The number of methoxy groups -OCH3 is 1. The van der Waals surface area contributed by atoms with E-state index < -0.39 is 0 Å². The van der Waals surface area contributed by atoms with Crippen LogP contribution in [0.3, 0.4) is 0 Å². The van der Waals surface area contributed by atoms with E-state index in [2.05, 4.69) is 27.2 Å². The molecule has 2 aromatic heterocycles. The van der Waals surface area contributed by atoms with Crippen LogP contribution in [0.25, 0.3) is 20.7 Å². The zero-order chi connectivity index (χ0) is 12.5. The highest BCUT2D eigenvalue weighted by Gasteiger charge is 2.14. The molecule has 1 aromatic carbocycles. The Hall–Kier alpha value is -1.72. The van der Waals surface area contributed by atoms with Gasteiger partial charge >= 0.3 is 5.97 Å². The molecule has 0 spiro atoms. The minimum atomic E-state index is -0.335. The van der Waals surface area contributed by atoms with Crippen molar-refractivity contribution in [2.45, 2.75) is 0 Å². The largest absolute Gasteiger partial charge is 0.465 e. The number of thiazole rings is 1. The number of rotatable bonds is 2. The molecule has 90 valence electrons. The molecule has 0 aliphatic heterocycles. The van der Waals surface area contributed by atoms with Crippen molar-refractivity contribution in [1.82, 2.24) is 4.98 Å². The van der Waals surface area contributed by atoms with Gasteiger partial charge in [-0.15, -0.1) is 22.7 Å². The lowest BCUT2D eigenvalue weighted by molar-refractivity contribution is 0.0606. The van der Waals surface area contributed by atoms with E-state index >= 15 is 0 Å². The molecule has 5 heteroatoms. The predicted octanol–water partition coefficient (Wildman–Crippen LogP) is 3.81. The number of hydrogen-bond acceptors (Lipinski definition) is 5. The van der Waals surface area contributed by atoms with Gasteiger partial charge in [-0.05, 0) is 6.07 Å². The van der Waals surface area contributed by atoms with Crippen LogP contribution in [-0.4, -0.2) is 18.1 Å². The average Bonchev–Trinajstić information content (AvgIpc) is 3.03. The first-order chi connectivity index (χ1) is 8.79. The number of fused-ring (bicyclic) bond motifs is 1. The van der Waals surface area contributed by atoms with Crippen LogP contribution in [0, 0.1) is 0 Å². The Balaban J connectivity index is 2.09. The van der Waals surface area contributed by atoms with Gasteiger partial charge in [0.1, 0.15) is 9.88 Å². The molecule has 0 unspecified atom stereocenters. The van der Waals surface area contributed by atoms with Gasteiger partial charge in [-0.3, -0.25) is 0 Å². The molecule has 0 aliphatic carbocycles. The van der Waals surface area contributed by atoms with Gasteiger partial charge in [-0.1, -0.05) is 18.2 Å². The van der Waals surface area contributed by atoms with Crippen molar-refractivity contribution in [1.29, 1.82) is 0 Å². The maximum absolute atomic E-state index is 11.4. The predicted molar refractivity (Wildman–Crippen MR) is 74.3 cm³/mol. The minimum absolute atomic E-state index is 0.335. The second kappa shape index (κ2) is 4.51. The first kappa shape index (κ1) is 11.4. The van der Waals surface area contributed by atoms with Crippen LogP contribution in [0.1, 0.15) is 9.67 Å². The number of nitrogens with zero attached hydrogens (tertiary/aromatic N) is 1. The molecule has 3 aromatic rings. The molecular formula is C13H9NO2S2. The smallest absolute Gasteiger partial charge is 0.349 e. The van der Waals surface area contributed by atoms with Gasteiger partial charge in [0.25, 0.3) is 0 Å². The van der Waals surface area contributed by atoms with Crippen LogP contribution in [-0.2, 0) is 4.74 Å². The average molecular weight is 275 g/mol. The fraction of sp³-hybridized carbons (Fsp3) is 0.0769. The molecule has 2 heterocycles. The Morgan fingerprint density at radius 1 is 1.33 bits per heavy atom. The summed E-state index contributed by atoms with van der Waals surface area (Å²) in [4.78, 5) is 16.2. The van der Waals surface area contributed by atoms with E-state index in [-0.39, 0.29) is 5.97 Å². The van der Waals surface area contributed by atoms with Gasteiger partial charge in [0.2, 0.25) is 0 Å². The highest BCUT2D eigenvalue weighted by molar-refractivity contribution is 7.19. The molecule has 0 saturated heterocycles. The summed E-state index contributed by atoms with van der Waals surface area (Å²) in [6.07, 6.45) is 1.57. The van der Waals surface area contributed by atoms with Gasteiger partial charge in [0.15, 0.2) is 0 Å². The third kappa shape index (κ3) is 1.81. The molecular weight excluding hydrogens is 266 g/mol. The molecule has 0 fully saturated rings. The van der Waals surface area contributed by atoms with E-state index in [0.29, 0.717) is 4.88 Å². The third-order valence-electron chi connectivity index (χ3n) is 2.60. The van der Waals surface area contributed by atoms with Crippen molar-refractivity contribution >= 4 is 38.7 Å². The number of hydrogen-bond donors (Lipinski definition) is 0. The monoisotopic (exact) mass is 275 g/mol. The summed E-state index contributed by atoms with van der Waals surface area (Å²) in [6, 6.07) is 8.18. The van der Waals surface area contributed by atoms with E-state index in [1.807, 2.05) is 12.1 Å². The third-order valence-corrected chi connectivity index (χ3v) is 4.58. The van der Waals surface area contributed by atoms with E-state index in [1.165, 1.54) is 28.5 Å². The summed E-state index contributed by atoms with van der Waals surface area (Å²) >= 11 is 3.04. The van der Waals surface area contributed by atoms with E-state index in [4.69, 9.17) is 0 Å². The summed E-state index contributed by atoms with van der Waals surface area (Å²) in [6.45, 7) is 0. The number of esters is 1. The Morgan fingerprint density at radius 3 is 3.00 bits per heavy atom. The van der Waals surface area contributed by atoms with E-state index in [1.54, 1.807) is 17.5 Å². The van der Waals surface area contributed by atoms with Gasteiger partial charge in [-0.25, -0.2) is 9.78 Å².